The van der Waals surface area contributed by atoms with Gasteiger partial charge in [0.1, 0.15) is 5.75 Å². The Morgan fingerprint density at radius 3 is 2.93 bits per heavy atom. The zero-order chi connectivity index (χ0) is 11.3. The second-order valence-electron chi connectivity index (χ2n) is 3.47. The first-order chi connectivity index (χ1) is 7.16. The average Bonchev–Trinajstić information content (AvgIpc) is 2.25. The summed E-state index contributed by atoms with van der Waals surface area (Å²) in [5.41, 5.74) is 0.309. The van der Waals surface area contributed by atoms with Gasteiger partial charge in [0.15, 0.2) is 0 Å². The Labute approximate surface area is 89.6 Å². The number of unbranched alkanes of at least 4 members (excludes halogenated alkanes) is 1. The van der Waals surface area contributed by atoms with E-state index in [4.69, 9.17) is 0 Å². The topological polar surface area (TPSA) is 53.4 Å². The predicted octanol–water partition coefficient (Wildman–Crippen LogP) is 1.66. The highest BCUT2D eigenvalue weighted by atomic mass is 16.3. The van der Waals surface area contributed by atoms with Crippen LogP contribution in [0.5, 0.6) is 5.75 Å². The Bertz CT molecular complexity index is 339. The van der Waals surface area contributed by atoms with Crippen molar-refractivity contribution in [3.63, 3.8) is 0 Å². The molecule has 0 aliphatic carbocycles. The van der Waals surface area contributed by atoms with E-state index in [1.807, 2.05) is 0 Å². The molecule has 0 unspecified atom stereocenters. The normalized spacial score (nSPS) is 10.0. The monoisotopic (exact) mass is 208 g/mol. The summed E-state index contributed by atoms with van der Waals surface area (Å²) in [6.07, 6.45) is 4.79. The fourth-order valence-corrected chi connectivity index (χ4v) is 1.27. The van der Waals surface area contributed by atoms with Crippen molar-refractivity contribution >= 4 is 5.91 Å². The lowest BCUT2D eigenvalue weighted by Gasteiger charge is -2.16. The Morgan fingerprint density at radius 1 is 1.60 bits per heavy atom. The van der Waals surface area contributed by atoms with Crippen molar-refractivity contribution in [3.05, 3.63) is 24.0 Å². The van der Waals surface area contributed by atoms with Gasteiger partial charge in [-0.1, -0.05) is 13.3 Å². The second-order valence-corrected chi connectivity index (χ2v) is 3.47. The molecule has 15 heavy (non-hydrogen) atoms. The first-order valence-corrected chi connectivity index (χ1v) is 5.05. The number of amides is 1. The van der Waals surface area contributed by atoms with Crippen LogP contribution in [0.1, 0.15) is 30.1 Å². The zero-order valence-electron chi connectivity index (χ0n) is 9.10. The third-order valence-electron chi connectivity index (χ3n) is 2.22. The van der Waals surface area contributed by atoms with Gasteiger partial charge in [0, 0.05) is 19.8 Å². The lowest BCUT2D eigenvalue weighted by Crippen LogP contribution is -2.27. The molecule has 1 rings (SSSR count). The fraction of sp³-hybridized carbons (Fsp3) is 0.455. The quantitative estimate of drug-likeness (QED) is 0.818. The van der Waals surface area contributed by atoms with Gasteiger partial charge in [-0.2, -0.15) is 0 Å². The van der Waals surface area contributed by atoms with Crippen molar-refractivity contribution in [1.29, 1.82) is 0 Å². The smallest absolute Gasteiger partial charge is 0.257 e. The maximum atomic E-state index is 11.8. The molecule has 4 heteroatoms. The highest BCUT2D eigenvalue weighted by molar-refractivity contribution is 5.96. The van der Waals surface area contributed by atoms with Crippen molar-refractivity contribution in [1.82, 2.24) is 9.88 Å². The zero-order valence-corrected chi connectivity index (χ0v) is 9.10. The van der Waals surface area contributed by atoms with Crippen LogP contribution >= 0.6 is 0 Å². The van der Waals surface area contributed by atoms with Crippen molar-refractivity contribution in [2.45, 2.75) is 19.8 Å². The number of carbonyl (C=O) groups is 1. The number of hydrogen-bond acceptors (Lipinski definition) is 3. The maximum absolute atomic E-state index is 11.8. The van der Waals surface area contributed by atoms with E-state index in [0.717, 1.165) is 12.8 Å². The van der Waals surface area contributed by atoms with E-state index in [9.17, 15) is 9.90 Å². The molecule has 0 aliphatic heterocycles. The SMILES string of the molecule is CCCCN(C)C(=O)c1ccncc1O. The number of pyridine rings is 1. The van der Waals surface area contributed by atoms with E-state index < -0.39 is 0 Å². The molecule has 0 saturated carbocycles. The summed E-state index contributed by atoms with van der Waals surface area (Å²) in [6, 6.07) is 1.53. The molecule has 1 N–H and O–H groups in total. The molecule has 82 valence electrons. The molecule has 4 nitrogen and oxygen atoms in total. The summed E-state index contributed by atoms with van der Waals surface area (Å²) in [6.45, 7) is 2.78. The van der Waals surface area contributed by atoms with Gasteiger partial charge >= 0.3 is 0 Å². The van der Waals surface area contributed by atoms with Crippen molar-refractivity contribution in [2.75, 3.05) is 13.6 Å². The molecule has 0 atom stereocenters. The van der Waals surface area contributed by atoms with Crippen LogP contribution in [-0.4, -0.2) is 34.5 Å². The second kappa shape index (κ2) is 5.34. The molecule has 0 aromatic carbocycles. The molecule has 0 fully saturated rings. The minimum atomic E-state index is -0.164. The third kappa shape index (κ3) is 2.94. The summed E-state index contributed by atoms with van der Waals surface area (Å²) >= 11 is 0. The van der Waals surface area contributed by atoms with Crippen LogP contribution in [0.25, 0.3) is 0 Å². The van der Waals surface area contributed by atoms with Crippen LogP contribution in [-0.2, 0) is 0 Å². The largest absolute Gasteiger partial charge is 0.505 e. The van der Waals surface area contributed by atoms with E-state index in [0.29, 0.717) is 12.1 Å². The molecule has 1 amide bonds. The first kappa shape index (κ1) is 11.5. The number of aromatic nitrogens is 1. The molecule has 0 bridgehead atoms. The Balaban J connectivity index is 2.72. The van der Waals surface area contributed by atoms with Crippen LogP contribution in [0.2, 0.25) is 0 Å². The standard InChI is InChI=1S/C11H16N2O2/c1-3-4-7-13(2)11(15)9-5-6-12-8-10(9)14/h5-6,8,14H,3-4,7H2,1-2H3. The molecular weight excluding hydrogens is 192 g/mol. The molecule has 1 aromatic rings. The Hall–Kier alpha value is -1.58. The average molecular weight is 208 g/mol. The Morgan fingerprint density at radius 2 is 2.33 bits per heavy atom. The van der Waals surface area contributed by atoms with Crippen molar-refractivity contribution < 1.29 is 9.90 Å². The van der Waals surface area contributed by atoms with E-state index in [1.54, 1.807) is 11.9 Å². The van der Waals surface area contributed by atoms with Crippen molar-refractivity contribution in [2.24, 2.45) is 0 Å². The van der Waals surface area contributed by atoms with Gasteiger partial charge in [-0.3, -0.25) is 9.78 Å². The third-order valence-corrected chi connectivity index (χ3v) is 2.22. The van der Waals surface area contributed by atoms with Gasteiger partial charge in [-0.25, -0.2) is 0 Å². The summed E-state index contributed by atoms with van der Waals surface area (Å²) in [5, 5.41) is 9.45. The maximum Gasteiger partial charge on any atom is 0.257 e. The molecule has 0 aliphatic rings. The Kier molecular flexibility index (Phi) is 4.09. The van der Waals surface area contributed by atoms with Crippen LogP contribution in [0.4, 0.5) is 0 Å². The van der Waals surface area contributed by atoms with Gasteiger partial charge < -0.3 is 10.0 Å². The lowest BCUT2D eigenvalue weighted by atomic mass is 10.2. The van der Waals surface area contributed by atoms with E-state index in [-0.39, 0.29) is 11.7 Å². The molecule has 1 aromatic heterocycles. The van der Waals surface area contributed by atoms with Gasteiger partial charge in [0.25, 0.3) is 5.91 Å². The summed E-state index contributed by atoms with van der Waals surface area (Å²) in [4.78, 5) is 17.1. The van der Waals surface area contributed by atoms with Crippen LogP contribution in [0, 0.1) is 0 Å². The fourth-order valence-electron chi connectivity index (χ4n) is 1.27. The van der Waals surface area contributed by atoms with E-state index >= 15 is 0 Å². The van der Waals surface area contributed by atoms with Gasteiger partial charge in [-0.15, -0.1) is 0 Å². The molecule has 1 heterocycles. The highest BCUT2D eigenvalue weighted by Gasteiger charge is 2.14. The predicted molar refractivity (Wildman–Crippen MR) is 57.8 cm³/mol. The molecule has 0 saturated heterocycles. The van der Waals surface area contributed by atoms with Gasteiger partial charge in [-0.05, 0) is 12.5 Å². The van der Waals surface area contributed by atoms with Crippen LogP contribution < -0.4 is 0 Å². The van der Waals surface area contributed by atoms with Crippen molar-refractivity contribution in [3.8, 4) is 5.75 Å². The number of nitrogens with zero attached hydrogens (tertiary/aromatic N) is 2. The van der Waals surface area contributed by atoms with Gasteiger partial charge in [0.05, 0.1) is 11.8 Å². The van der Waals surface area contributed by atoms with E-state index in [1.165, 1.54) is 18.5 Å². The first-order valence-electron chi connectivity index (χ1n) is 5.05. The van der Waals surface area contributed by atoms with Gasteiger partial charge in [0.2, 0.25) is 0 Å². The molecule has 0 spiro atoms. The number of carbonyl (C=O) groups excluding carboxylic acids is 1. The summed E-state index contributed by atoms with van der Waals surface area (Å²) in [7, 11) is 1.73. The minimum absolute atomic E-state index is 0.0640. The van der Waals surface area contributed by atoms with E-state index in [2.05, 4.69) is 11.9 Å². The summed E-state index contributed by atoms with van der Waals surface area (Å²) in [5.74, 6) is -0.228. The van der Waals surface area contributed by atoms with Crippen LogP contribution in [0.15, 0.2) is 18.5 Å². The number of rotatable bonds is 4. The summed E-state index contributed by atoms with van der Waals surface area (Å²) < 4.78 is 0. The molecule has 0 radical (unpaired) electrons. The molecular formula is C11H16N2O2. The van der Waals surface area contributed by atoms with Crippen LogP contribution in [0.3, 0.4) is 0 Å². The minimum Gasteiger partial charge on any atom is -0.505 e. The number of aromatic hydroxyl groups is 1. The number of hydrogen-bond donors (Lipinski definition) is 1. The highest BCUT2D eigenvalue weighted by Crippen LogP contribution is 2.15. The lowest BCUT2D eigenvalue weighted by molar-refractivity contribution is 0.0790.